The molecule has 0 fully saturated rings. The van der Waals surface area contributed by atoms with Gasteiger partial charge in [0.05, 0.1) is 25.1 Å². The van der Waals surface area contributed by atoms with Crippen LogP contribution >= 0.6 is 0 Å². The number of hydrogen-bond acceptors (Lipinski definition) is 3. The summed E-state index contributed by atoms with van der Waals surface area (Å²) in [5.41, 5.74) is 1.93. The summed E-state index contributed by atoms with van der Waals surface area (Å²) in [6.07, 6.45) is 4.46. The molecule has 4 rings (SSSR count). The van der Waals surface area contributed by atoms with Crippen LogP contribution in [0.5, 0.6) is 5.75 Å². The van der Waals surface area contributed by atoms with Gasteiger partial charge >= 0.3 is 0 Å². The standard InChI is InChI=1S/C25H18F2N2O/c1-30-23-15-28-25(29-16-23)11-5-18-3-7-19(24(27)13-18)6-2-17-4-8-21-14-22(26)10-9-20(21)12-17/h3-4,7-10,12-16H,5,11H2,1H3. The fourth-order valence-electron chi connectivity index (χ4n) is 3.08. The number of halogens is 2. The maximum Gasteiger partial charge on any atom is 0.155 e. The quantitative estimate of drug-likeness (QED) is 0.447. The van der Waals surface area contributed by atoms with Crippen molar-refractivity contribution in [2.75, 3.05) is 7.11 Å². The molecule has 0 aliphatic rings. The van der Waals surface area contributed by atoms with Crippen LogP contribution in [-0.2, 0) is 12.8 Å². The minimum atomic E-state index is -0.362. The van der Waals surface area contributed by atoms with Crippen LogP contribution < -0.4 is 4.74 Å². The molecule has 148 valence electrons. The van der Waals surface area contributed by atoms with E-state index in [9.17, 15) is 8.78 Å². The molecule has 4 aromatic rings. The zero-order chi connectivity index (χ0) is 20.9. The predicted octanol–water partition coefficient (Wildman–Crippen LogP) is 5.10. The molecule has 0 amide bonds. The third-order valence-corrected chi connectivity index (χ3v) is 4.73. The normalized spacial score (nSPS) is 10.5. The van der Waals surface area contributed by atoms with E-state index in [4.69, 9.17) is 4.74 Å². The summed E-state index contributed by atoms with van der Waals surface area (Å²) in [6.45, 7) is 0. The second-order valence-electron chi connectivity index (χ2n) is 6.81. The molecule has 0 bridgehead atoms. The fraction of sp³-hybridized carbons (Fsp3) is 0.120. The third-order valence-electron chi connectivity index (χ3n) is 4.73. The van der Waals surface area contributed by atoms with Crippen LogP contribution in [0.3, 0.4) is 0 Å². The molecular weight excluding hydrogens is 382 g/mol. The number of hydrogen-bond donors (Lipinski definition) is 0. The Labute approximate surface area is 173 Å². The second-order valence-corrected chi connectivity index (χ2v) is 6.81. The molecule has 0 saturated carbocycles. The number of fused-ring (bicyclic) bond motifs is 1. The minimum absolute atomic E-state index is 0.276. The highest BCUT2D eigenvalue weighted by atomic mass is 19.1. The van der Waals surface area contributed by atoms with E-state index in [0.717, 1.165) is 21.9 Å². The predicted molar refractivity (Wildman–Crippen MR) is 112 cm³/mol. The van der Waals surface area contributed by atoms with Crippen molar-refractivity contribution in [3.05, 3.63) is 101 Å². The SMILES string of the molecule is COc1cnc(CCc2ccc(C#Cc3ccc4cc(F)ccc4c3)c(F)c2)nc1. The van der Waals surface area contributed by atoms with Crippen molar-refractivity contribution in [2.45, 2.75) is 12.8 Å². The topological polar surface area (TPSA) is 35.0 Å². The molecule has 0 N–H and O–H groups in total. The Morgan fingerprint density at radius 3 is 2.37 bits per heavy atom. The summed E-state index contributed by atoms with van der Waals surface area (Å²) in [5.74, 6) is 6.50. The number of benzene rings is 3. The Bertz CT molecular complexity index is 1260. The molecule has 3 aromatic carbocycles. The first kappa shape index (κ1) is 19.5. The van der Waals surface area contributed by atoms with Crippen LogP contribution in [0.4, 0.5) is 8.78 Å². The monoisotopic (exact) mass is 400 g/mol. The summed E-state index contributed by atoms with van der Waals surface area (Å²) in [4.78, 5) is 8.44. The lowest BCUT2D eigenvalue weighted by Gasteiger charge is -2.04. The number of nitrogens with zero attached hydrogens (tertiary/aromatic N) is 2. The number of methoxy groups -OCH3 is 1. The highest BCUT2D eigenvalue weighted by Gasteiger charge is 2.04. The molecule has 30 heavy (non-hydrogen) atoms. The van der Waals surface area contributed by atoms with Gasteiger partial charge in [-0.15, -0.1) is 0 Å². The number of ether oxygens (including phenoxy) is 1. The Morgan fingerprint density at radius 1 is 0.833 bits per heavy atom. The molecule has 0 unspecified atom stereocenters. The highest BCUT2D eigenvalue weighted by Crippen LogP contribution is 2.17. The third kappa shape index (κ3) is 4.61. The summed E-state index contributed by atoms with van der Waals surface area (Å²) in [5, 5.41) is 1.69. The van der Waals surface area contributed by atoms with Gasteiger partial charge in [-0.3, -0.25) is 0 Å². The zero-order valence-electron chi connectivity index (χ0n) is 16.3. The van der Waals surface area contributed by atoms with Gasteiger partial charge in [-0.25, -0.2) is 18.7 Å². The molecule has 3 nitrogen and oxygen atoms in total. The smallest absolute Gasteiger partial charge is 0.155 e. The highest BCUT2D eigenvalue weighted by molar-refractivity contribution is 5.83. The lowest BCUT2D eigenvalue weighted by molar-refractivity contribution is 0.410. The summed E-state index contributed by atoms with van der Waals surface area (Å²) in [6, 6.07) is 15.1. The van der Waals surface area contributed by atoms with Crippen LogP contribution in [0.2, 0.25) is 0 Å². The van der Waals surface area contributed by atoms with Gasteiger partial charge in [-0.1, -0.05) is 30.0 Å². The van der Waals surface area contributed by atoms with E-state index in [1.165, 1.54) is 18.2 Å². The fourth-order valence-corrected chi connectivity index (χ4v) is 3.08. The van der Waals surface area contributed by atoms with E-state index in [1.54, 1.807) is 37.7 Å². The largest absolute Gasteiger partial charge is 0.494 e. The number of rotatable bonds is 4. The number of aromatic nitrogens is 2. The van der Waals surface area contributed by atoms with E-state index in [-0.39, 0.29) is 11.6 Å². The molecule has 1 heterocycles. The summed E-state index contributed by atoms with van der Waals surface area (Å²) in [7, 11) is 1.56. The average molecular weight is 400 g/mol. The van der Waals surface area contributed by atoms with E-state index in [1.807, 2.05) is 18.2 Å². The van der Waals surface area contributed by atoms with Gasteiger partial charge < -0.3 is 4.74 Å². The first-order chi connectivity index (χ1) is 14.6. The molecule has 0 aliphatic heterocycles. The zero-order valence-corrected chi connectivity index (χ0v) is 16.3. The van der Waals surface area contributed by atoms with Gasteiger partial charge in [-0.05, 0) is 59.2 Å². The van der Waals surface area contributed by atoms with Crippen molar-refractivity contribution >= 4 is 10.8 Å². The van der Waals surface area contributed by atoms with Crippen molar-refractivity contribution in [1.29, 1.82) is 0 Å². The van der Waals surface area contributed by atoms with Gasteiger partial charge in [0, 0.05) is 12.0 Å². The maximum atomic E-state index is 14.5. The first-order valence-electron chi connectivity index (χ1n) is 9.45. The Kier molecular flexibility index (Phi) is 5.67. The number of aryl methyl sites for hydroxylation is 2. The van der Waals surface area contributed by atoms with Gasteiger partial charge in [0.15, 0.2) is 5.75 Å². The molecule has 0 spiro atoms. The second kappa shape index (κ2) is 8.71. The van der Waals surface area contributed by atoms with Crippen LogP contribution in [0.15, 0.2) is 67.0 Å². The lowest BCUT2D eigenvalue weighted by Crippen LogP contribution is -1.99. The molecule has 5 heteroatoms. The molecule has 0 atom stereocenters. The molecule has 1 aromatic heterocycles. The van der Waals surface area contributed by atoms with Crippen LogP contribution in [-0.4, -0.2) is 17.1 Å². The Hall–Kier alpha value is -3.78. The van der Waals surface area contributed by atoms with Gasteiger partial charge in [0.2, 0.25) is 0 Å². The minimum Gasteiger partial charge on any atom is -0.494 e. The van der Waals surface area contributed by atoms with Crippen LogP contribution in [0, 0.1) is 23.5 Å². The van der Waals surface area contributed by atoms with E-state index in [0.29, 0.717) is 30.0 Å². The lowest BCUT2D eigenvalue weighted by atomic mass is 10.0. The van der Waals surface area contributed by atoms with Crippen molar-refractivity contribution in [3.8, 4) is 17.6 Å². The van der Waals surface area contributed by atoms with Gasteiger partial charge in [0.1, 0.15) is 17.5 Å². The molecule has 0 radical (unpaired) electrons. The molecule has 0 aliphatic carbocycles. The molecule has 0 saturated heterocycles. The van der Waals surface area contributed by atoms with Gasteiger partial charge in [0.25, 0.3) is 0 Å². The maximum absolute atomic E-state index is 14.5. The molecular formula is C25H18F2N2O. The van der Waals surface area contributed by atoms with E-state index < -0.39 is 0 Å². The van der Waals surface area contributed by atoms with Crippen molar-refractivity contribution in [2.24, 2.45) is 0 Å². The van der Waals surface area contributed by atoms with E-state index >= 15 is 0 Å². The van der Waals surface area contributed by atoms with E-state index in [2.05, 4.69) is 21.8 Å². The van der Waals surface area contributed by atoms with Gasteiger partial charge in [-0.2, -0.15) is 0 Å². The van der Waals surface area contributed by atoms with Crippen molar-refractivity contribution in [3.63, 3.8) is 0 Å². The van der Waals surface area contributed by atoms with Crippen molar-refractivity contribution < 1.29 is 13.5 Å². The van der Waals surface area contributed by atoms with Crippen LogP contribution in [0.25, 0.3) is 10.8 Å². The Morgan fingerprint density at radius 2 is 1.60 bits per heavy atom. The first-order valence-corrected chi connectivity index (χ1v) is 9.45. The van der Waals surface area contributed by atoms with Crippen LogP contribution in [0.1, 0.15) is 22.5 Å². The summed E-state index contributed by atoms with van der Waals surface area (Å²) >= 11 is 0. The summed E-state index contributed by atoms with van der Waals surface area (Å²) < 4.78 is 32.8. The Balaban J connectivity index is 1.46. The average Bonchev–Trinajstić information content (AvgIpc) is 2.77. The van der Waals surface area contributed by atoms with Crippen molar-refractivity contribution in [1.82, 2.24) is 9.97 Å².